The molecule has 1 amide bonds. The number of likely N-dealkylation sites (N-methyl/N-ethyl adjacent to an activating group) is 1. The van der Waals surface area contributed by atoms with Gasteiger partial charge in [0, 0.05) is 26.6 Å². The topological polar surface area (TPSA) is 49.3 Å². The molecule has 1 aliphatic heterocycles. The Morgan fingerprint density at radius 3 is 2.73 bits per heavy atom. The monoisotopic (exact) mass is 316 g/mol. The van der Waals surface area contributed by atoms with Gasteiger partial charge in [-0.25, -0.2) is 4.98 Å². The van der Waals surface area contributed by atoms with Crippen LogP contribution in [0.1, 0.15) is 5.56 Å². The smallest absolute Gasteiger partial charge is 0.245 e. The summed E-state index contributed by atoms with van der Waals surface area (Å²) in [6, 6.07) is 9.71. The first-order valence-electron chi connectivity index (χ1n) is 7.18. The lowest BCUT2D eigenvalue weighted by molar-refractivity contribution is -0.132. The van der Waals surface area contributed by atoms with Gasteiger partial charge in [0.2, 0.25) is 5.91 Å². The Morgan fingerprint density at radius 2 is 2.00 bits per heavy atom. The Hall–Kier alpha value is -2.14. The molecule has 6 heteroatoms. The van der Waals surface area contributed by atoms with Gasteiger partial charge in [0.25, 0.3) is 0 Å². The average molecular weight is 317 g/mol. The molecule has 0 saturated carbocycles. The highest BCUT2D eigenvalue weighted by atomic mass is 35.5. The molecule has 1 atom stereocenters. The van der Waals surface area contributed by atoms with E-state index in [1.54, 1.807) is 11.1 Å². The number of carbonyl (C=O) groups is 1. The first-order chi connectivity index (χ1) is 10.6. The predicted octanol–water partition coefficient (Wildman–Crippen LogP) is 2.02. The molecule has 0 bridgehead atoms. The van der Waals surface area contributed by atoms with Gasteiger partial charge >= 0.3 is 0 Å². The highest BCUT2D eigenvalue weighted by Gasteiger charge is 2.34. The molecule has 1 aliphatic rings. The minimum atomic E-state index is -0.283. The molecular weight excluding hydrogens is 300 g/mol. The number of halogens is 1. The van der Waals surface area contributed by atoms with Crippen molar-refractivity contribution in [1.29, 1.82) is 0 Å². The number of rotatable bonds is 3. The number of hydrogen-bond acceptors (Lipinski definition) is 4. The molecule has 1 fully saturated rings. The van der Waals surface area contributed by atoms with E-state index in [1.807, 2.05) is 42.3 Å². The van der Waals surface area contributed by atoms with Crippen LogP contribution in [0.2, 0.25) is 5.15 Å². The molecule has 1 unspecified atom stereocenters. The SMILES string of the molecule is CN1CCN(c2cncc(Cl)n2)C(Cc2ccccc2)C1=O. The number of carbonyl (C=O) groups excluding carboxylic acids is 1. The van der Waals surface area contributed by atoms with Crippen molar-refractivity contribution in [3.05, 3.63) is 53.4 Å². The van der Waals surface area contributed by atoms with Gasteiger partial charge in [0.1, 0.15) is 17.0 Å². The summed E-state index contributed by atoms with van der Waals surface area (Å²) < 4.78 is 0. The van der Waals surface area contributed by atoms with Crippen LogP contribution in [-0.2, 0) is 11.2 Å². The van der Waals surface area contributed by atoms with Crippen molar-refractivity contribution in [3.63, 3.8) is 0 Å². The minimum absolute atomic E-state index is 0.0943. The first-order valence-corrected chi connectivity index (χ1v) is 7.56. The standard InChI is InChI=1S/C16H17ClN4O/c1-20-7-8-21(15-11-18-10-14(17)19-15)13(16(20)22)9-12-5-3-2-4-6-12/h2-6,10-11,13H,7-9H2,1H3. The van der Waals surface area contributed by atoms with E-state index >= 15 is 0 Å². The fraction of sp³-hybridized carbons (Fsp3) is 0.312. The second kappa shape index (κ2) is 6.32. The normalized spacial score (nSPS) is 18.6. The average Bonchev–Trinajstić information content (AvgIpc) is 2.53. The lowest BCUT2D eigenvalue weighted by Crippen LogP contribution is -2.57. The molecule has 0 aliphatic carbocycles. The van der Waals surface area contributed by atoms with Crippen LogP contribution in [0.25, 0.3) is 0 Å². The summed E-state index contributed by atoms with van der Waals surface area (Å²) in [6.45, 7) is 1.38. The summed E-state index contributed by atoms with van der Waals surface area (Å²) in [5, 5.41) is 0.335. The molecule has 2 aromatic rings. The van der Waals surface area contributed by atoms with Crippen molar-refractivity contribution in [3.8, 4) is 0 Å². The van der Waals surface area contributed by atoms with Gasteiger partial charge in [-0.15, -0.1) is 0 Å². The largest absolute Gasteiger partial charge is 0.342 e. The Bertz CT molecular complexity index is 664. The van der Waals surface area contributed by atoms with Crippen molar-refractivity contribution >= 4 is 23.3 Å². The second-order valence-electron chi connectivity index (χ2n) is 5.36. The fourth-order valence-corrected chi connectivity index (χ4v) is 2.83. The molecule has 0 radical (unpaired) electrons. The van der Waals surface area contributed by atoms with Crippen LogP contribution in [0, 0.1) is 0 Å². The van der Waals surface area contributed by atoms with E-state index in [-0.39, 0.29) is 11.9 Å². The molecule has 0 spiro atoms. The van der Waals surface area contributed by atoms with Crippen LogP contribution < -0.4 is 4.90 Å². The van der Waals surface area contributed by atoms with E-state index in [1.165, 1.54) is 6.20 Å². The van der Waals surface area contributed by atoms with Crippen LogP contribution in [0.5, 0.6) is 0 Å². The number of hydrogen-bond donors (Lipinski definition) is 0. The maximum atomic E-state index is 12.6. The predicted molar refractivity (Wildman–Crippen MR) is 86.0 cm³/mol. The van der Waals surface area contributed by atoms with Gasteiger partial charge in [-0.05, 0) is 5.56 Å². The number of nitrogens with zero attached hydrogens (tertiary/aromatic N) is 4. The zero-order chi connectivity index (χ0) is 15.5. The Kier molecular flexibility index (Phi) is 4.24. The summed E-state index contributed by atoms with van der Waals surface area (Å²) in [5.41, 5.74) is 1.12. The van der Waals surface area contributed by atoms with Crippen LogP contribution in [0.4, 0.5) is 5.82 Å². The fourth-order valence-electron chi connectivity index (χ4n) is 2.69. The molecule has 2 heterocycles. The molecule has 1 aromatic heterocycles. The van der Waals surface area contributed by atoms with E-state index in [0.717, 1.165) is 12.1 Å². The summed E-state index contributed by atoms with van der Waals surface area (Å²) in [4.78, 5) is 24.8. The molecule has 1 aromatic carbocycles. The second-order valence-corrected chi connectivity index (χ2v) is 5.75. The van der Waals surface area contributed by atoms with Crippen LogP contribution in [-0.4, -0.2) is 47.0 Å². The van der Waals surface area contributed by atoms with Gasteiger partial charge < -0.3 is 9.80 Å². The molecule has 114 valence electrons. The number of piperazine rings is 1. The quantitative estimate of drug-likeness (QED) is 0.869. The van der Waals surface area contributed by atoms with E-state index < -0.39 is 0 Å². The third-order valence-electron chi connectivity index (χ3n) is 3.87. The zero-order valence-corrected chi connectivity index (χ0v) is 13.1. The van der Waals surface area contributed by atoms with E-state index in [0.29, 0.717) is 23.9 Å². The number of aromatic nitrogens is 2. The van der Waals surface area contributed by atoms with Gasteiger partial charge in [-0.3, -0.25) is 9.78 Å². The Labute approximate surface area is 134 Å². The van der Waals surface area contributed by atoms with Crippen LogP contribution >= 0.6 is 11.6 Å². The molecule has 3 rings (SSSR count). The molecule has 5 nitrogen and oxygen atoms in total. The van der Waals surface area contributed by atoms with E-state index in [9.17, 15) is 4.79 Å². The molecule has 1 saturated heterocycles. The van der Waals surface area contributed by atoms with Gasteiger partial charge in [-0.1, -0.05) is 41.9 Å². The summed E-state index contributed by atoms with van der Waals surface area (Å²) in [7, 11) is 1.83. The lowest BCUT2D eigenvalue weighted by Gasteiger charge is -2.39. The van der Waals surface area contributed by atoms with Gasteiger partial charge in [0.15, 0.2) is 0 Å². The molecule has 0 N–H and O–H groups in total. The molecule has 22 heavy (non-hydrogen) atoms. The van der Waals surface area contributed by atoms with Crippen LogP contribution in [0.15, 0.2) is 42.7 Å². The zero-order valence-electron chi connectivity index (χ0n) is 12.3. The molecular formula is C16H17ClN4O. The maximum Gasteiger partial charge on any atom is 0.245 e. The summed E-state index contributed by atoms with van der Waals surface area (Å²) in [6.07, 6.45) is 3.79. The van der Waals surface area contributed by atoms with Crippen LogP contribution in [0.3, 0.4) is 0 Å². The lowest BCUT2D eigenvalue weighted by atomic mass is 10.0. The number of anilines is 1. The summed E-state index contributed by atoms with van der Waals surface area (Å²) >= 11 is 5.94. The van der Waals surface area contributed by atoms with Gasteiger partial charge in [-0.2, -0.15) is 0 Å². The highest BCUT2D eigenvalue weighted by molar-refractivity contribution is 6.29. The number of amides is 1. The Balaban J connectivity index is 1.91. The number of benzene rings is 1. The van der Waals surface area contributed by atoms with Crippen molar-refractivity contribution < 1.29 is 4.79 Å². The van der Waals surface area contributed by atoms with Crippen molar-refractivity contribution in [1.82, 2.24) is 14.9 Å². The third kappa shape index (κ3) is 3.04. The highest BCUT2D eigenvalue weighted by Crippen LogP contribution is 2.22. The van der Waals surface area contributed by atoms with Gasteiger partial charge in [0.05, 0.1) is 12.4 Å². The van der Waals surface area contributed by atoms with Crippen molar-refractivity contribution in [2.24, 2.45) is 0 Å². The minimum Gasteiger partial charge on any atom is -0.342 e. The third-order valence-corrected chi connectivity index (χ3v) is 4.05. The van der Waals surface area contributed by atoms with E-state index in [4.69, 9.17) is 11.6 Å². The summed E-state index contributed by atoms with van der Waals surface area (Å²) in [5.74, 6) is 0.742. The first kappa shape index (κ1) is 14.8. The Morgan fingerprint density at radius 1 is 1.23 bits per heavy atom. The maximum absolute atomic E-state index is 12.6. The van der Waals surface area contributed by atoms with E-state index in [2.05, 4.69) is 9.97 Å². The van der Waals surface area contributed by atoms with Crippen molar-refractivity contribution in [2.75, 3.05) is 25.0 Å². The van der Waals surface area contributed by atoms with Crippen molar-refractivity contribution in [2.45, 2.75) is 12.5 Å².